The van der Waals surface area contributed by atoms with E-state index < -0.39 is 11.7 Å². The molecule has 0 fully saturated rings. The van der Waals surface area contributed by atoms with Crippen LogP contribution in [0.2, 0.25) is 0 Å². The number of thioether (sulfide) groups is 1. The Morgan fingerprint density at radius 2 is 1.55 bits per heavy atom. The summed E-state index contributed by atoms with van der Waals surface area (Å²) >= 11 is 1.37. The summed E-state index contributed by atoms with van der Waals surface area (Å²) < 4.78 is 37.6. The molecule has 0 saturated carbocycles. The minimum atomic E-state index is -4.40. The molecule has 2 aromatic carbocycles. The second kappa shape index (κ2) is 10.3. The Morgan fingerprint density at radius 3 is 2.14 bits per heavy atom. The lowest BCUT2D eigenvalue weighted by Crippen LogP contribution is -2.15. The third kappa shape index (κ3) is 7.45. The number of aryl methyl sites for hydroxylation is 2. The molecule has 0 aliphatic rings. The van der Waals surface area contributed by atoms with Crippen molar-refractivity contribution in [2.45, 2.75) is 32.9 Å². The number of alkyl halides is 3. The van der Waals surface area contributed by atoms with E-state index in [0.29, 0.717) is 24.3 Å². The molecule has 156 valence electrons. The average molecular weight is 424 g/mol. The minimum Gasteiger partial charge on any atom is -0.326 e. The lowest BCUT2D eigenvalue weighted by Gasteiger charge is -2.11. The van der Waals surface area contributed by atoms with Gasteiger partial charge in [0, 0.05) is 17.8 Å². The van der Waals surface area contributed by atoms with Gasteiger partial charge in [-0.2, -0.15) is 24.9 Å². The molecule has 0 radical (unpaired) electrons. The molecule has 0 spiro atoms. The molecule has 4 nitrogen and oxygen atoms in total. The van der Waals surface area contributed by atoms with Crippen LogP contribution < -0.4 is 10.6 Å². The van der Waals surface area contributed by atoms with Gasteiger partial charge in [0.05, 0.1) is 11.3 Å². The Kier molecular flexibility index (Phi) is 8.13. The van der Waals surface area contributed by atoms with E-state index in [1.54, 1.807) is 0 Å². The molecular weight excluding hydrogens is 401 g/mol. The molecule has 0 aliphatic carbocycles. The minimum absolute atomic E-state index is 0.0720. The summed E-state index contributed by atoms with van der Waals surface area (Å²) in [6.45, 7) is 3.88. The molecule has 0 unspecified atom stereocenters. The summed E-state index contributed by atoms with van der Waals surface area (Å²) in [6.07, 6.45) is -3.43. The van der Waals surface area contributed by atoms with Gasteiger partial charge in [0.1, 0.15) is 0 Å². The number of benzene rings is 2. The monoisotopic (exact) mass is 424 g/mol. The predicted molar refractivity (Wildman–Crippen MR) is 111 cm³/mol. The Bertz CT molecular complexity index is 832. The number of hydrogen-bond acceptors (Lipinski definition) is 3. The molecule has 0 heterocycles. The number of nitrogens with one attached hydrogen (secondary N) is 2. The number of carbonyl (C=O) groups excluding carboxylic acids is 2. The van der Waals surface area contributed by atoms with Crippen molar-refractivity contribution >= 4 is 35.0 Å². The van der Waals surface area contributed by atoms with Crippen LogP contribution in [-0.2, 0) is 15.8 Å². The van der Waals surface area contributed by atoms with Gasteiger partial charge in [-0.3, -0.25) is 9.59 Å². The van der Waals surface area contributed by atoms with Gasteiger partial charge in [0.25, 0.3) is 0 Å². The van der Waals surface area contributed by atoms with Gasteiger partial charge in [-0.25, -0.2) is 0 Å². The van der Waals surface area contributed by atoms with Crippen LogP contribution in [0.3, 0.4) is 0 Å². The van der Waals surface area contributed by atoms with Gasteiger partial charge in [-0.1, -0.05) is 18.2 Å². The van der Waals surface area contributed by atoms with E-state index in [2.05, 4.69) is 10.6 Å². The van der Waals surface area contributed by atoms with Gasteiger partial charge in [0.2, 0.25) is 11.8 Å². The van der Waals surface area contributed by atoms with Gasteiger partial charge in [0.15, 0.2) is 0 Å². The summed E-state index contributed by atoms with van der Waals surface area (Å²) in [5.74, 6) is 0.423. The van der Waals surface area contributed by atoms with E-state index >= 15 is 0 Å². The first kappa shape index (κ1) is 22.8. The van der Waals surface area contributed by atoms with Crippen molar-refractivity contribution in [2.75, 3.05) is 22.1 Å². The third-order valence-corrected chi connectivity index (χ3v) is 5.21. The maximum Gasteiger partial charge on any atom is 0.416 e. The van der Waals surface area contributed by atoms with E-state index in [1.165, 1.54) is 23.9 Å². The first-order valence-corrected chi connectivity index (χ1v) is 10.2. The zero-order chi connectivity index (χ0) is 21.4. The Hall–Kier alpha value is -2.48. The molecule has 2 amide bonds. The van der Waals surface area contributed by atoms with Crippen LogP contribution in [0.15, 0.2) is 42.5 Å². The topological polar surface area (TPSA) is 58.2 Å². The molecule has 8 heteroatoms. The van der Waals surface area contributed by atoms with Crippen LogP contribution in [0.1, 0.15) is 29.5 Å². The van der Waals surface area contributed by atoms with Crippen LogP contribution in [0, 0.1) is 13.8 Å². The van der Waals surface area contributed by atoms with Gasteiger partial charge < -0.3 is 10.6 Å². The highest BCUT2D eigenvalue weighted by Crippen LogP contribution is 2.29. The summed E-state index contributed by atoms with van der Waals surface area (Å²) in [5, 5.41) is 5.48. The Balaban J connectivity index is 1.66. The van der Waals surface area contributed by atoms with Crippen LogP contribution >= 0.6 is 11.8 Å². The van der Waals surface area contributed by atoms with Gasteiger partial charge >= 0.3 is 6.18 Å². The Morgan fingerprint density at radius 1 is 0.931 bits per heavy atom. The molecule has 2 aromatic rings. The molecule has 29 heavy (non-hydrogen) atoms. The third-order valence-electron chi connectivity index (χ3n) is 4.17. The van der Waals surface area contributed by atoms with Crippen molar-refractivity contribution in [3.63, 3.8) is 0 Å². The highest BCUT2D eigenvalue weighted by atomic mass is 32.2. The van der Waals surface area contributed by atoms with Crippen molar-refractivity contribution in [3.8, 4) is 0 Å². The van der Waals surface area contributed by atoms with Crippen LogP contribution in [0.25, 0.3) is 0 Å². The van der Waals surface area contributed by atoms with E-state index in [0.717, 1.165) is 28.9 Å². The predicted octanol–water partition coefficient (Wildman–Crippen LogP) is 5.41. The molecular formula is C21H23F3N2O2S. The Labute approximate surface area is 172 Å². The van der Waals surface area contributed by atoms with Crippen LogP contribution in [0.4, 0.5) is 24.5 Å². The van der Waals surface area contributed by atoms with Crippen molar-refractivity contribution in [1.29, 1.82) is 0 Å². The number of amides is 2. The fourth-order valence-electron chi connectivity index (χ4n) is 2.65. The molecule has 0 aromatic heterocycles. The zero-order valence-corrected chi connectivity index (χ0v) is 17.0. The van der Waals surface area contributed by atoms with Crippen molar-refractivity contribution in [1.82, 2.24) is 0 Å². The SMILES string of the molecule is Cc1cccc(C)c1NC(=O)CCCSCC(=O)Nc1ccc(C(F)(F)F)cc1. The van der Waals surface area contributed by atoms with Crippen LogP contribution in [-0.4, -0.2) is 23.3 Å². The van der Waals surface area contributed by atoms with E-state index in [1.807, 2.05) is 32.0 Å². The molecule has 2 N–H and O–H groups in total. The maximum atomic E-state index is 12.5. The van der Waals surface area contributed by atoms with Crippen molar-refractivity contribution in [3.05, 3.63) is 59.2 Å². The number of halogens is 3. The normalized spacial score (nSPS) is 11.2. The van der Waals surface area contributed by atoms with Gasteiger partial charge in [-0.15, -0.1) is 0 Å². The lowest BCUT2D eigenvalue weighted by molar-refractivity contribution is -0.137. The number of anilines is 2. The largest absolute Gasteiger partial charge is 0.416 e. The molecule has 0 aliphatic heterocycles. The molecule has 0 atom stereocenters. The lowest BCUT2D eigenvalue weighted by atomic mass is 10.1. The quantitative estimate of drug-likeness (QED) is 0.557. The van der Waals surface area contributed by atoms with Gasteiger partial charge in [-0.05, 0) is 61.4 Å². The highest BCUT2D eigenvalue weighted by Gasteiger charge is 2.29. The molecule has 0 bridgehead atoms. The molecule has 2 rings (SSSR count). The van der Waals surface area contributed by atoms with Crippen molar-refractivity contribution in [2.24, 2.45) is 0 Å². The summed E-state index contributed by atoms with van der Waals surface area (Å²) in [4.78, 5) is 23.9. The first-order chi connectivity index (χ1) is 13.7. The van der Waals surface area contributed by atoms with Crippen molar-refractivity contribution < 1.29 is 22.8 Å². The highest BCUT2D eigenvalue weighted by molar-refractivity contribution is 7.99. The first-order valence-electron chi connectivity index (χ1n) is 9.08. The summed E-state index contributed by atoms with van der Waals surface area (Å²) in [5.41, 5.74) is 2.40. The maximum absolute atomic E-state index is 12.5. The molecule has 0 saturated heterocycles. The summed E-state index contributed by atoms with van der Waals surface area (Å²) in [6, 6.07) is 10.1. The fourth-order valence-corrected chi connectivity index (χ4v) is 3.40. The second-order valence-corrected chi connectivity index (χ2v) is 7.70. The number of carbonyl (C=O) groups is 2. The summed E-state index contributed by atoms with van der Waals surface area (Å²) in [7, 11) is 0. The smallest absolute Gasteiger partial charge is 0.326 e. The second-order valence-electron chi connectivity index (χ2n) is 6.59. The van der Waals surface area contributed by atoms with E-state index in [-0.39, 0.29) is 17.6 Å². The zero-order valence-electron chi connectivity index (χ0n) is 16.2. The number of para-hydroxylation sites is 1. The van der Waals surface area contributed by atoms with Crippen LogP contribution in [0.5, 0.6) is 0 Å². The van der Waals surface area contributed by atoms with E-state index in [4.69, 9.17) is 0 Å². The fraction of sp³-hybridized carbons (Fsp3) is 0.333. The average Bonchev–Trinajstić information content (AvgIpc) is 2.64. The number of hydrogen-bond donors (Lipinski definition) is 2. The number of rotatable bonds is 8. The van der Waals surface area contributed by atoms with E-state index in [9.17, 15) is 22.8 Å². The standard InChI is InChI=1S/C21H23F3N2O2S/c1-14-5-3-6-15(2)20(14)26-18(27)7-4-12-29-13-19(28)25-17-10-8-16(9-11-17)21(22,23)24/h3,5-6,8-11H,4,7,12-13H2,1-2H3,(H,25,28)(H,26,27).